The van der Waals surface area contributed by atoms with Gasteiger partial charge in [0.25, 0.3) is 0 Å². The van der Waals surface area contributed by atoms with Crippen LogP contribution in [0.5, 0.6) is 0 Å². The Balaban J connectivity index is 2.97. The largest absolute Gasteiger partial charge is 0.288 e. The van der Waals surface area contributed by atoms with E-state index in [9.17, 15) is 3.89 Å². The summed E-state index contributed by atoms with van der Waals surface area (Å²) in [5.74, 6) is 0.664. The molecule has 0 aliphatic rings. The minimum absolute atomic E-state index is 0.0383. The fraction of sp³-hybridized carbons (Fsp3) is 1.00. The zero-order valence-corrected chi connectivity index (χ0v) is 7.42. The molecule has 0 spiro atoms. The van der Waals surface area contributed by atoms with E-state index in [0.29, 0.717) is 12.5 Å². The van der Waals surface area contributed by atoms with Gasteiger partial charge in [-0.15, -0.1) is 3.89 Å². The van der Waals surface area contributed by atoms with Crippen LogP contribution in [0.15, 0.2) is 0 Å². The minimum Gasteiger partial charge on any atom is -0.288 e. The van der Waals surface area contributed by atoms with E-state index in [2.05, 4.69) is 18.0 Å². The molecule has 62 valence electrons. The molecule has 0 rings (SSSR count). The van der Waals surface area contributed by atoms with Crippen LogP contribution in [0.2, 0.25) is 0 Å². The summed E-state index contributed by atoms with van der Waals surface area (Å²) in [4.78, 5) is 0. The Bertz CT molecular complexity index is 70.6. The van der Waals surface area contributed by atoms with Gasteiger partial charge in [-0.3, -0.25) is 4.18 Å². The predicted molar refractivity (Wildman–Crippen MR) is 43.3 cm³/mol. The number of rotatable bonds is 6. The van der Waals surface area contributed by atoms with E-state index in [1.54, 1.807) is 0 Å². The Labute approximate surface area is 66.8 Å². The van der Waals surface area contributed by atoms with Crippen LogP contribution < -0.4 is 0 Å². The molecule has 0 saturated carbocycles. The summed E-state index contributed by atoms with van der Waals surface area (Å²) in [6, 6.07) is 0. The molecule has 1 unspecified atom stereocenters. The average molecular weight is 166 g/mol. The lowest BCUT2D eigenvalue weighted by Gasteiger charge is -2.06. The van der Waals surface area contributed by atoms with Crippen molar-refractivity contribution < 1.29 is 8.07 Å². The lowest BCUT2D eigenvalue weighted by atomic mass is 10.0. The zero-order valence-electron chi connectivity index (χ0n) is 6.60. The number of hydrogen-bond acceptors (Lipinski definition) is 2. The molecule has 0 aromatic carbocycles. The smallest absolute Gasteiger partial charge is 0.208 e. The van der Waals surface area contributed by atoms with Crippen LogP contribution in [0, 0.1) is 5.92 Å². The summed E-state index contributed by atoms with van der Waals surface area (Å²) in [5, 5.41) is 0. The van der Waals surface area contributed by atoms with Crippen LogP contribution in [-0.2, 0) is 4.18 Å². The molecule has 0 heterocycles. The van der Waals surface area contributed by atoms with E-state index in [1.165, 1.54) is 12.8 Å². The normalized spacial score (nSPS) is 13.5. The topological polar surface area (TPSA) is 9.23 Å². The van der Waals surface area contributed by atoms with E-state index >= 15 is 0 Å². The first-order valence-electron chi connectivity index (χ1n) is 3.71. The van der Waals surface area contributed by atoms with Gasteiger partial charge in [-0.05, 0) is 12.3 Å². The van der Waals surface area contributed by atoms with Gasteiger partial charge in [0, 0.05) is 0 Å². The predicted octanol–water partition coefficient (Wildman–Crippen LogP) is 3.36. The molecule has 0 bridgehead atoms. The molecule has 0 saturated heterocycles. The van der Waals surface area contributed by atoms with E-state index in [1.807, 2.05) is 0 Å². The van der Waals surface area contributed by atoms with E-state index < -0.39 is 0 Å². The monoisotopic (exact) mass is 166 g/mol. The van der Waals surface area contributed by atoms with Gasteiger partial charge in [0.2, 0.25) is 12.4 Å². The van der Waals surface area contributed by atoms with Gasteiger partial charge in [0.15, 0.2) is 0 Å². The first-order chi connectivity index (χ1) is 4.81. The highest BCUT2D eigenvalue weighted by Gasteiger charge is 1.99. The highest BCUT2D eigenvalue weighted by molar-refractivity contribution is 7.89. The first-order valence-corrected chi connectivity index (χ1v) is 4.35. The molecule has 0 aromatic rings. The third kappa shape index (κ3) is 6.36. The van der Waals surface area contributed by atoms with Crippen molar-refractivity contribution in [3.8, 4) is 0 Å². The molecular weight excluding hydrogens is 151 g/mol. The van der Waals surface area contributed by atoms with Crippen LogP contribution in [0.25, 0.3) is 0 Å². The molecule has 1 nitrogen and oxygen atoms in total. The standard InChI is InChI=1S/C7H15FOS/c1-3-4-7(2)5-6-9-10-8/h7H,3-6H2,1-2H3. The van der Waals surface area contributed by atoms with Crippen molar-refractivity contribution >= 4 is 12.4 Å². The molecular formula is C7H15FOS. The number of hydrogen-bond donors (Lipinski definition) is 0. The van der Waals surface area contributed by atoms with Gasteiger partial charge >= 0.3 is 0 Å². The highest BCUT2D eigenvalue weighted by Crippen LogP contribution is 2.12. The van der Waals surface area contributed by atoms with Gasteiger partial charge in [-0.2, -0.15) is 0 Å². The molecule has 3 heteroatoms. The van der Waals surface area contributed by atoms with Gasteiger partial charge in [0.1, 0.15) is 0 Å². The Morgan fingerprint density at radius 2 is 2.20 bits per heavy atom. The molecule has 10 heavy (non-hydrogen) atoms. The molecule has 0 aliphatic carbocycles. The second-order valence-corrected chi connectivity index (χ2v) is 2.93. The molecule has 1 atom stereocenters. The van der Waals surface area contributed by atoms with E-state index in [-0.39, 0.29) is 12.4 Å². The Kier molecular flexibility index (Phi) is 7.52. The maximum absolute atomic E-state index is 11.3. The minimum atomic E-state index is -0.0383. The van der Waals surface area contributed by atoms with Crippen LogP contribution in [-0.4, -0.2) is 6.61 Å². The molecule has 0 amide bonds. The zero-order chi connectivity index (χ0) is 7.82. The molecule has 0 N–H and O–H groups in total. The number of halogens is 1. The van der Waals surface area contributed by atoms with Gasteiger partial charge in [0.05, 0.1) is 6.61 Å². The van der Waals surface area contributed by atoms with Crippen LogP contribution in [0.4, 0.5) is 3.89 Å². The van der Waals surface area contributed by atoms with Crippen LogP contribution in [0.3, 0.4) is 0 Å². The van der Waals surface area contributed by atoms with Crippen molar-refractivity contribution in [1.82, 2.24) is 0 Å². The van der Waals surface area contributed by atoms with Crippen LogP contribution in [0.1, 0.15) is 33.1 Å². The maximum Gasteiger partial charge on any atom is 0.208 e. The summed E-state index contributed by atoms with van der Waals surface area (Å²) in [6.07, 6.45) is 3.37. The van der Waals surface area contributed by atoms with Crippen LogP contribution >= 0.6 is 12.4 Å². The Hall–Kier alpha value is 0.240. The van der Waals surface area contributed by atoms with E-state index in [0.717, 1.165) is 6.42 Å². The highest BCUT2D eigenvalue weighted by atomic mass is 32.2. The van der Waals surface area contributed by atoms with Crippen molar-refractivity contribution in [2.75, 3.05) is 6.61 Å². The summed E-state index contributed by atoms with van der Waals surface area (Å²) in [5.41, 5.74) is 0. The summed E-state index contributed by atoms with van der Waals surface area (Å²) >= 11 is -0.0383. The van der Waals surface area contributed by atoms with Gasteiger partial charge in [-0.25, -0.2) is 0 Å². The van der Waals surface area contributed by atoms with Crippen molar-refractivity contribution in [1.29, 1.82) is 0 Å². The molecule has 0 radical (unpaired) electrons. The lowest BCUT2D eigenvalue weighted by Crippen LogP contribution is -1.97. The second-order valence-electron chi connectivity index (χ2n) is 2.57. The van der Waals surface area contributed by atoms with Gasteiger partial charge < -0.3 is 0 Å². The average Bonchev–Trinajstić information content (AvgIpc) is 1.89. The van der Waals surface area contributed by atoms with Crippen molar-refractivity contribution in [3.05, 3.63) is 0 Å². The van der Waals surface area contributed by atoms with E-state index in [4.69, 9.17) is 0 Å². The van der Waals surface area contributed by atoms with Crippen molar-refractivity contribution in [3.63, 3.8) is 0 Å². The summed E-state index contributed by atoms with van der Waals surface area (Å²) in [7, 11) is 0. The lowest BCUT2D eigenvalue weighted by molar-refractivity contribution is 0.310. The van der Waals surface area contributed by atoms with Crippen molar-refractivity contribution in [2.24, 2.45) is 5.92 Å². The molecule has 0 aliphatic heterocycles. The Morgan fingerprint density at radius 3 is 2.70 bits per heavy atom. The first kappa shape index (κ1) is 10.2. The fourth-order valence-corrected chi connectivity index (χ4v) is 1.08. The fourth-order valence-electron chi connectivity index (χ4n) is 0.918. The second kappa shape index (κ2) is 7.35. The van der Waals surface area contributed by atoms with Crippen molar-refractivity contribution in [2.45, 2.75) is 33.1 Å². The Morgan fingerprint density at radius 1 is 1.50 bits per heavy atom. The van der Waals surface area contributed by atoms with Gasteiger partial charge in [-0.1, -0.05) is 26.7 Å². The molecule has 0 fully saturated rings. The maximum atomic E-state index is 11.3. The SMILES string of the molecule is CCCC(C)CCOSF. The third-order valence-electron chi connectivity index (χ3n) is 1.52. The third-order valence-corrected chi connectivity index (χ3v) is 1.78. The summed E-state index contributed by atoms with van der Waals surface area (Å²) in [6.45, 7) is 4.85. The summed E-state index contributed by atoms with van der Waals surface area (Å²) < 4.78 is 15.8. The quantitative estimate of drug-likeness (QED) is 0.442. The molecule has 0 aromatic heterocycles.